The number of nitrogens with one attached hydrogen (secondary N) is 1. The number of ether oxygens (including phenoxy) is 1. The number of carbonyl (C=O) groups is 2. The number of nitro groups is 1. The molecule has 0 aromatic heterocycles. The molecule has 0 spiro atoms. The number of hydrogen-bond donors (Lipinski definition) is 1. The molecule has 28 heavy (non-hydrogen) atoms. The summed E-state index contributed by atoms with van der Waals surface area (Å²) >= 11 is 0. The molecular weight excluding hydrogens is 362 g/mol. The number of rotatable bonds is 8. The van der Waals surface area contributed by atoms with Gasteiger partial charge < -0.3 is 15.0 Å². The SMILES string of the molecule is CN(C)c1ccc(CNC(=O)COC(=O)/C=C/c2ccccc2[N+](=O)[O-])cc1. The molecule has 0 bridgehead atoms. The molecule has 0 radical (unpaired) electrons. The maximum Gasteiger partial charge on any atom is 0.331 e. The molecule has 146 valence electrons. The van der Waals surface area contributed by atoms with Crippen LogP contribution in [0.25, 0.3) is 6.08 Å². The molecular formula is C20H21N3O5. The summed E-state index contributed by atoms with van der Waals surface area (Å²) in [4.78, 5) is 35.9. The number of esters is 1. The minimum Gasteiger partial charge on any atom is -0.452 e. The molecule has 8 heteroatoms. The maximum atomic E-state index is 11.8. The highest BCUT2D eigenvalue weighted by molar-refractivity contribution is 5.89. The van der Waals surface area contributed by atoms with Crippen molar-refractivity contribution in [2.45, 2.75) is 6.54 Å². The van der Waals surface area contributed by atoms with Gasteiger partial charge in [-0.3, -0.25) is 14.9 Å². The first-order valence-electron chi connectivity index (χ1n) is 8.48. The Morgan fingerprint density at radius 1 is 1.14 bits per heavy atom. The fraction of sp³-hybridized carbons (Fsp3) is 0.200. The first kappa shape index (κ1) is 20.6. The van der Waals surface area contributed by atoms with E-state index in [4.69, 9.17) is 4.74 Å². The molecule has 0 fully saturated rings. The second kappa shape index (κ2) is 9.86. The Morgan fingerprint density at radius 3 is 2.46 bits per heavy atom. The third kappa shape index (κ3) is 6.24. The summed E-state index contributed by atoms with van der Waals surface area (Å²) in [6, 6.07) is 13.7. The van der Waals surface area contributed by atoms with Crippen molar-refractivity contribution in [3.8, 4) is 0 Å². The third-order valence-corrected chi connectivity index (χ3v) is 3.82. The predicted molar refractivity (Wildman–Crippen MR) is 106 cm³/mol. The van der Waals surface area contributed by atoms with E-state index in [1.807, 2.05) is 43.3 Å². The van der Waals surface area contributed by atoms with Crippen molar-refractivity contribution in [1.29, 1.82) is 0 Å². The van der Waals surface area contributed by atoms with Crippen molar-refractivity contribution in [2.75, 3.05) is 25.6 Å². The van der Waals surface area contributed by atoms with Crippen LogP contribution < -0.4 is 10.2 Å². The number of nitro benzene ring substituents is 1. The van der Waals surface area contributed by atoms with Crippen molar-refractivity contribution in [2.24, 2.45) is 0 Å². The molecule has 0 saturated carbocycles. The molecule has 0 unspecified atom stereocenters. The molecule has 8 nitrogen and oxygen atoms in total. The number of hydrogen-bond acceptors (Lipinski definition) is 6. The average molecular weight is 383 g/mol. The number of anilines is 1. The van der Waals surface area contributed by atoms with Crippen LogP contribution in [0.5, 0.6) is 0 Å². The van der Waals surface area contributed by atoms with Crippen molar-refractivity contribution < 1.29 is 19.2 Å². The number of carbonyl (C=O) groups excluding carboxylic acids is 2. The van der Waals surface area contributed by atoms with Gasteiger partial charge in [0, 0.05) is 38.5 Å². The van der Waals surface area contributed by atoms with Crippen molar-refractivity contribution in [3.05, 3.63) is 75.8 Å². The van der Waals surface area contributed by atoms with Crippen LogP contribution in [0, 0.1) is 10.1 Å². The quantitative estimate of drug-likeness (QED) is 0.325. The average Bonchev–Trinajstić information content (AvgIpc) is 2.69. The van der Waals surface area contributed by atoms with Crippen LogP contribution in [0.4, 0.5) is 11.4 Å². The monoisotopic (exact) mass is 383 g/mol. The highest BCUT2D eigenvalue weighted by atomic mass is 16.6. The Labute approximate surface area is 162 Å². The summed E-state index contributed by atoms with van der Waals surface area (Å²) in [7, 11) is 3.88. The summed E-state index contributed by atoms with van der Waals surface area (Å²) in [5.74, 6) is -1.20. The zero-order chi connectivity index (χ0) is 20.5. The Morgan fingerprint density at radius 2 is 1.82 bits per heavy atom. The molecule has 0 saturated heterocycles. The molecule has 1 N–H and O–H groups in total. The van der Waals surface area contributed by atoms with E-state index in [2.05, 4.69) is 5.32 Å². The Kier molecular flexibility index (Phi) is 7.27. The Hall–Kier alpha value is -3.68. The zero-order valence-corrected chi connectivity index (χ0v) is 15.6. The van der Waals surface area contributed by atoms with E-state index in [0.29, 0.717) is 6.54 Å². The molecule has 0 aliphatic rings. The van der Waals surface area contributed by atoms with Crippen LogP contribution in [0.3, 0.4) is 0 Å². The lowest BCUT2D eigenvalue weighted by molar-refractivity contribution is -0.385. The van der Waals surface area contributed by atoms with Crippen LogP contribution in [0.1, 0.15) is 11.1 Å². The van der Waals surface area contributed by atoms with Crippen LogP contribution in [-0.2, 0) is 20.9 Å². The summed E-state index contributed by atoms with van der Waals surface area (Å²) in [5, 5.41) is 13.6. The maximum absolute atomic E-state index is 11.8. The Bertz CT molecular complexity index is 876. The van der Waals surface area contributed by atoms with Gasteiger partial charge in [-0.25, -0.2) is 4.79 Å². The summed E-state index contributed by atoms with van der Waals surface area (Å²) < 4.78 is 4.85. The summed E-state index contributed by atoms with van der Waals surface area (Å²) in [6.45, 7) is -0.119. The van der Waals surface area contributed by atoms with Crippen molar-refractivity contribution >= 4 is 29.3 Å². The van der Waals surface area contributed by atoms with Gasteiger partial charge in [-0.05, 0) is 29.8 Å². The topological polar surface area (TPSA) is 102 Å². The standard InChI is InChI=1S/C20H21N3O5/c1-22(2)17-10-7-15(8-11-17)13-21-19(24)14-28-20(25)12-9-16-5-3-4-6-18(16)23(26)27/h3-12H,13-14H2,1-2H3,(H,21,24)/b12-9+. The van der Waals surface area contributed by atoms with E-state index >= 15 is 0 Å². The molecule has 0 heterocycles. The van der Waals surface area contributed by atoms with Gasteiger partial charge in [0.1, 0.15) is 0 Å². The summed E-state index contributed by atoms with van der Waals surface area (Å²) in [5.41, 5.74) is 2.12. The normalized spacial score (nSPS) is 10.5. The van der Waals surface area contributed by atoms with Gasteiger partial charge in [0.05, 0.1) is 10.5 Å². The van der Waals surface area contributed by atoms with Gasteiger partial charge in [0.25, 0.3) is 11.6 Å². The summed E-state index contributed by atoms with van der Waals surface area (Å²) in [6.07, 6.45) is 2.33. The fourth-order valence-electron chi connectivity index (χ4n) is 2.30. The molecule has 0 atom stereocenters. The van der Waals surface area contributed by atoms with Gasteiger partial charge >= 0.3 is 5.97 Å². The van der Waals surface area contributed by atoms with Crippen LogP contribution in [-0.4, -0.2) is 37.5 Å². The highest BCUT2D eigenvalue weighted by Gasteiger charge is 2.10. The van der Waals surface area contributed by atoms with Gasteiger partial charge in [-0.15, -0.1) is 0 Å². The minimum atomic E-state index is -0.761. The second-order valence-corrected chi connectivity index (χ2v) is 6.09. The van der Waals surface area contributed by atoms with E-state index in [1.165, 1.54) is 24.3 Å². The molecule has 0 aliphatic heterocycles. The molecule has 1 amide bonds. The van der Waals surface area contributed by atoms with Gasteiger partial charge in [-0.1, -0.05) is 24.3 Å². The van der Waals surface area contributed by atoms with E-state index in [1.54, 1.807) is 6.07 Å². The predicted octanol–water partition coefficient (Wildman–Crippen LogP) is 2.53. The second-order valence-electron chi connectivity index (χ2n) is 6.09. The van der Waals surface area contributed by atoms with Crippen molar-refractivity contribution in [3.63, 3.8) is 0 Å². The number of nitrogens with zero attached hydrogens (tertiary/aromatic N) is 2. The van der Waals surface area contributed by atoms with Gasteiger partial charge in [0.2, 0.25) is 0 Å². The highest BCUT2D eigenvalue weighted by Crippen LogP contribution is 2.18. The first-order valence-corrected chi connectivity index (χ1v) is 8.48. The van der Waals surface area contributed by atoms with E-state index in [0.717, 1.165) is 17.3 Å². The lowest BCUT2D eigenvalue weighted by atomic mass is 10.1. The van der Waals surface area contributed by atoms with E-state index in [-0.39, 0.29) is 11.3 Å². The Balaban J connectivity index is 1.79. The number of amides is 1. The largest absolute Gasteiger partial charge is 0.452 e. The van der Waals surface area contributed by atoms with Crippen LogP contribution in [0.15, 0.2) is 54.6 Å². The van der Waals surface area contributed by atoms with Gasteiger partial charge in [0.15, 0.2) is 6.61 Å². The van der Waals surface area contributed by atoms with Crippen LogP contribution in [0.2, 0.25) is 0 Å². The first-order chi connectivity index (χ1) is 13.4. The van der Waals surface area contributed by atoms with Crippen molar-refractivity contribution in [1.82, 2.24) is 5.32 Å². The van der Waals surface area contributed by atoms with E-state index in [9.17, 15) is 19.7 Å². The number of benzene rings is 2. The molecule has 2 aromatic rings. The smallest absolute Gasteiger partial charge is 0.331 e. The van der Waals surface area contributed by atoms with Crippen LogP contribution >= 0.6 is 0 Å². The fourth-order valence-corrected chi connectivity index (χ4v) is 2.30. The third-order valence-electron chi connectivity index (χ3n) is 3.82. The van der Waals surface area contributed by atoms with Gasteiger partial charge in [-0.2, -0.15) is 0 Å². The number of para-hydroxylation sites is 1. The zero-order valence-electron chi connectivity index (χ0n) is 15.6. The molecule has 2 rings (SSSR count). The lowest BCUT2D eigenvalue weighted by Gasteiger charge is -2.12. The van der Waals surface area contributed by atoms with E-state index < -0.39 is 23.4 Å². The molecule has 0 aliphatic carbocycles. The molecule has 2 aromatic carbocycles. The lowest BCUT2D eigenvalue weighted by Crippen LogP contribution is -2.28. The minimum absolute atomic E-state index is 0.121.